The molecule has 122 valence electrons. The van der Waals surface area contributed by atoms with Gasteiger partial charge in [0.15, 0.2) is 0 Å². The van der Waals surface area contributed by atoms with E-state index in [1.165, 1.54) is 11.0 Å². The largest absolute Gasteiger partial charge is 0.396 e. The molecule has 0 radical (unpaired) electrons. The highest BCUT2D eigenvalue weighted by Gasteiger charge is 2.47. The number of carbonyl (C=O) groups excluding carboxylic acids is 1. The predicted octanol–water partition coefficient (Wildman–Crippen LogP) is 2.03. The molecule has 1 amide bonds. The Hall–Kier alpha value is -1.17. The van der Waals surface area contributed by atoms with Crippen molar-refractivity contribution in [1.29, 1.82) is 0 Å². The number of aliphatic hydroxyl groups is 2. The van der Waals surface area contributed by atoms with Gasteiger partial charge in [-0.1, -0.05) is 24.6 Å². The zero-order valence-corrected chi connectivity index (χ0v) is 13.5. The number of nitrogens with zero attached hydrogens (tertiary/aromatic N) is 1. The molecule has 1 aromatic carbocycles. The molecule has 0 aromatic heterocycles. The van der Waals surface area contributed by atoms with Crippen LogP contribution in [-0.4, -0.2) is 47.8 Å². The van der Waals surface area contributed by atoms with Crippen molar-refractivity contribution in [2.75, 3.05) is 26.8 Å². The fraction of sp³-hybridized carbons (Fsp3) is 0.562. The van der Waals surface area contributed by atoms with E-state index in [0.29, 0.717) is 17.0 Å². The number of halogens is 2. The van der Waals surface area contributed by atoms with Gasteiger partial charge in [-0.3, -0.25) is 4.79 Å². The zero-order valence-electron chi connectivity index (χ0n) is 12.7. The van der Waals surface area contributed by atoms with Crippen molar-refractivity contribution in [2.45, 2.75) is 19.3 Å². The third-order valence-electron chi connectivity index (χ3n) is 4.24. The predicted molar refractivity (Wildman–Crippen MR) is 82.2 cm³/mol. The number of hydrogen-bond donors (Lipinski definition) is 2. The van der Waals surface area contributed by atoms with Gasteiger partial charge in [-0.25, -0.2) is 4.39 Å². The summed E-state index contributed by atoms with van der Waals surface area (Å²) in [7, 11) is 1.63. The Morgan fingerprint density at radius 1 is 1.45 bits per heavy atom. The van der Waals surface area contributed by atoms with E-state index in [1.807, 2.05) is 0 Å². The van der Waals surface area contributed by atoms with Crippen LogP contribution >= 0.6 is 11.6 Å². The number of aliphatic hydroxyl groups excluding tert-OH is 2. The maximum Gasteiger partial charge on any atom is 0.226 e. The van der Waals surface area contributed by atoms with Crippen molar-refractivity contribution in [3.05, 3.63) is 34.6 Å². The number of amides is 1. The highest BCUT2D eigenvalue weighted by Crippen LogP contribution is 2.51. The highest BCUT2D eigenvalue weighted by atomic mass is 35.5. The van der Waals surface area contributed by atoms with E-state index in [2.05, 4.69) is 0 Å². The third-order valence-corrected chi connectivity index (χ3v) is 4.57. The Morgan fingerprint density at radius 3 is 2.64 bits per heavy atom. The Balaban J connectivity index is 2.04. The van der Waals surface area contributed by atoms with Crippen LogP contribution in [0.2, 0.25) is 5.02 Å². The number of carbonyl (C=O) groups is 1. The molecule has 1 aromatic rings. The van der Waals surface area contributed by atoms with E-state index in [-0.39, 0.29) is 43.3 Å². The van der Waals surface area contributed by atoms with Crippen LogP contribution in [0.5, 0.6) is 0 Å². The van der Waals surface area contributed by atoms with Gasteiger partial charge in [-0.05, 0) is 18.6 Å². The zero-order chi connectivity index (χ0) is 16.5. The molecule has 0 unspecified atom stereocenters. The Kier molecular flexibility index (Phi) is 5.10. The summed E-state index contributed by atoms with van der Waals surface area (Å²) in [6.07, 6.45) is 0.568. The van der Waals surface area contributed by atoms with Crippen molar-refractivity contribution in [3.8, 4) is 0 Å². The van der Waals surface area contributed by atoms with Crippen molar-refractivity contribution in [3.63, 3.8) is 0 Å². The van der Waals surface area contributed by atoms with Crippen LogP contribution in [0.3, 0.4) is 0 Å². The van der Waals surface area contributed by atoms with Crippen LogP contribution in [0.15, 0.2) is 18.2 Å². The minimum absolute atomic E-state index is 0.113. The lowest BCUT2D eigenvalue weighted by Gasteiger charge is -2.30. The maximum atomic E-state index is 13.9. The fourth-order valence-corrected chi connectivity index (χ4v) is 3.04. The third kappa shape index (κ3) is 3.42. The van der Waals surface area contributed by atoms with Gasteiger partial charge in [0, 0.05) is 41.4 Å². The van der Waals surface area contributed by atoms with Crippen molar-refractivity contribution >= 4 is 17.5 Å². The number of hydrogen-bond acceptors (Lipinski definition) is 3. The molecule has 0 spiro atoms. The molecule has 0 heterocycles. The summed E-state index contributed by atoms with van der Waals surface area (Å²) >= 11 is 6.03. The second-order valence-electron chi connectivity index (χ2n) is 6.41. The molecular formula is C16H21ClFNO3. The highest BCUT2D eigenvalue weighted by molar-refractivity contribution is 6.31. The van der Waals surface area contributed by atoms with Crippen LogP contribution in [0, 0.1) is 17.2 Å². The molecule has 2 rings (SSSR count). The summed E-state index contributed by atoms with van der Waals surface area (Å²) in [4.78, 5) is 13.9. The molecule has 4 nitrogen and oxygen atoms in total. The van der Waals surface area contributed by atoms with E-state index >= 15 is 0 Å². The SMILES string of the molecule is CN(CC(C)(CO)CO)C(=O)[C@H]1C[C@@H]1c1c(F)cccc1Cl. The molecular weight excluding hydrogens is 309 g/mol. The summed E-state index contributed by atoms with van der Waals surface area (Å²) in [5, 5.41) is 19.0. The lowest BCUT2D eigenvalue weighted by atomic mass is 9.92. The monoisotopic (exact) mass is 329 g/mol. The Labute approximate surface area is 134 Å². The quantitative estimate of drug-likeness (QED) is 0.839. The molecule has 1 aliphatic rings. The van der Waals surface area contributed by atoms with E-state index in [1.54, 1.807) is 26.1 Å². The van der Waals surface area contributed by atoms with Crippen LogP contribution in [0.4, 0.5) is 4.39 Å². The maximum absolute atomic E-state index is 13.9. The molecule has 0 saturated heterocycles. The Bertz CT molecular complexity index is 542. The van der Waals surface area contributed by atoms with Crippen molar-refractivity contribution < 1.29 is 19.4 Å². The van der Waals surface area contributed by atoms with Gasteiger partial charge in [-0.15, -0.1) is 0 Å². The van der Waals surface area contributed by atoms with Crippen LogP contribution in [-0.2, 0) is 4.79 Å². The standard InChI is InChI=1S/C16H21ClFNO3/c1-16(8-20,9-21)7-19(2)15(22)11-6-10(11)14-12(17)4-3-5-13(14)18/h3-5,10-11,20-21H,6-9H2,1-2H3/t10-,11-/m0/s1. The normalized spacial score (nSPS) is 20.8. The molecule has 0 bridgehead atoms. The molecule has 6 heteroatoms. The molecule has 1 fully saturated rings. The molecule has 1 saturated carbocycles. The van der Waals surface area contributed by atoms with Gasteiger partial charge in [0.05, 0.1) is 13.2 Å². The van der Waals surface area contributed by atoms with Gasteiger partial charge < -0.3 is 15.1 Å². The van der Waals surface area contributed by atoms with E-state index < -0.39 is 5.41 Å². The molecule has 2 atom stereocenters. The fourth-order valence-electron chi connectivity index (χ4n) is 2.74. The van der Waals surface area contributed by atoms with Gasteiger partial charge >= 0.3 is 0 Å². The van der Waals surface area contributed by atoms with Crippen LogP contribution in [0.1, 0.15) is 24.8 Å². The topological polar surface area (TPSA) is 60.8 Å². The summed E-state index contributed by atoms with van der Waals surface area (Å²) in [6.45, 7) is 1.52. The summed E-state index contributed by atoms with van der Waals surface area (Å²) in [5.74, 6) is -0.984. The van der Waals surface area contributed by atoms with Crippen molar-refractivity contribution in [1.82, 2.24) is 4.90 Å². The lowest BCUT2D eigenvalue weighted by Crippen LogP contribution is -2.42. The average molecular weight is 330 g/mol. The van der Waals surface area contributed by atoms with Gasteiger partial charge in [0.25, 0.3) is 0 Å². The second-order valence-corrected chi connectivity index (χ2v) is 6.81. The minimum atomic E-state index is -0.746. The summed E-state index contributed by atoms with van der Waals surface area (Å²) in [6, 6.07) is 4.51. The molecule has 1 aliphatic carbocycles. The molecule has 22 heavy (non-hydrogen) atoms. The first-order valence-electron chi connectivity index (χ1n) is 7.23. The second kappa shape index (κ2) is 6.52. The number of benzene rings is 1. The lowest BCUT2D eigenvalue weighted by molar-refractivity contribution is -0.133. The van der Waals surface area contributed by atoms with E-state index in [0.717, 1.165) is 0 Å². The summed E-state index contributed by atoms with van der Waals surface area (Å²) in [5.41, 5.74) is -0.340. The van der Waals surface area contributed by atoms with Crippen LogP contribution in [0.25, 0.3) is 0 Å². The van der Waals surface area contributed by atoms with Crippen LogP contribution < -0.4 is 0 Å². The number of rotatable bonds is 6. The van der Waals surface area contributed by atoms with E-state index in [9.17, 15) is 19.4 Å². The molecule has 2 N–H and O–H groups in total. The Morgan fingerprint density at radius 2 is 2.09 bits per heavy atom. The van der Waals surface area contributed by atoms with E-state index in [4.69, 9.17) is 11.6 Å². The first kappa shape index (κ1) is 17.2. The van der Waals surface area contributed by atoms with Gasteiger partial charge in [-0.2, -0.15) is 0 Å². The van der Waals surface area contributed by atoms with Gasteiger partial charge in [0.1, 0.15) is 5.82 Å². The first-order valence-corrected chi connectivity index (χ1v) is 7.61. The smallest absolute Gasteiger partial charge is 0.226 e. The van der Waals surface area contributed by atoms with Gasteiger partial charge in [0.2, 0.25) is 5.91 Å². The van der Waals surface area contributed by atoms with Crippen molar-refractivity contribution in [2.24, 2.45) is 11.3 Å². The molecule has 0 aliphatic heterocycles. The summed E-state index contributed by atoms with van der Waals surface area (Å²) < 4.78 is 13.9. The minimum Gasteiger partial charge on any atom is -0.396 e. The average Bonchev–Trinajstić information content (AvgIpc) is 3.26. The first-order chi connectivity index (χ1) is 10.3.